The Morgan fingerprint density at radius 1 is 1.29 bits per heavy atom. The number of hydrogen-bond donors (Lipinski definition) is 2. The highest BCUT2D eigenvalue weighted by atomic mass is 35.5. The zero-order chi connectivity index (χ0) is 21.3. The van der Waals surface area contributed by atoms with Crippen molar-refractivity contribution < 1.29 is 18.7 Å². The molecule has 0 saturated carbocycles. The van der Waals surface area contributed by atoms with Gasteiger partial charge in [-0.3, -0.25) is 9.69 Å². The van der Waals surface area contributed by atoms with Gasteiger partial charge >= 0.3 is 6.09 Å². The van der Waals surface area contributed by atoms with E-state index >= 15 is 0 Å². The number of anilines is 2. The fourth-order valence-corrected chi connectivity index (χ4v) is 3.67. The van der Waals surface area contributed by atoms with Gasteiger partial charge < -0.3 is 20.7 Å². The summed E-state index contributed by atoms with van der Waals surface area (Å²) in [6.45, 7) is 5.34. The average Bonchev–Trinajstić information content (AvgIpc) is 3.15. The highest BCUT2D eigenvalue weighted by Crippen LogP contribution is 2.30. The van der Waals surface area contributed by atoms with E-state index in [0.29, 0.717) is 16.8 Å². The molecule has 0 aliphatic carbocycles. The molecule has 10 heteroatoms. The van der Waals surface area contributed by atoms with Gasteiger partial charge in [0.15, 0.2) is 0 Å². The average molecular weight is 450 g/mol. The van der Waals surface area contributed by atoms with Crippen LogP contribution in [-0.4, -0.2) is 55.8 Å². The zero-order valence-corrected chi connectivity index (χ0v) is 17.9. The van der Waals surface area contributed by atoms with Crippen molar-refractivity contribution in [3.05, 3.63) is 42.3 Å². The molecule has 2 aromatic rings. The maximum absolute atomic E-state index is 14.9. The van der Waals surface area contributed by atoms with Crippen LogP contribution in [0.15, 0.2) is 36.5 Å². The van der Waals surface area contributed by atoms with Gasteiger partial charge in [-0.1, -0.05) is 0 Å². The summed E-state index contributed by atoms with van der Waals surface area (Å²) >= 11 is 0. The van der Waals surface area contributed by atoms with E-state index in [1.54, 1.807) is 25.3 Å². The van der Waals surface area contributed by atoms with Gasteiger partial charge in [0.2, 0.25) is 5.91 Å². The number of pyridine rings is 1. The lowest BCUT2D eigenvalue weighted by Crippen LogP contribution is -2.43. The maximum Gasteiger partial charge on any atom is 0.414 e. The van der Waals surface area contributed by atoms with Crippen molar-refractivity contribution in [1.82, 2.24) is 10.3 Å². The normalized spacial score (nSPS) is 19.5. The predicted molar refractivity (Wildman–Crippen MR) is 118 cm³/mol. The number of hydrogen-bond acceptors (Lipinski definition) is 6. The molecule has 1 aromatic heterocycles. The summed E-state index contributed by atoms with van der Waals surface area (Å²) in [6.07, 6.45) is 0.381. The fraction of sp³-hybridized carbons (Fsp3) is 0.381. The van der Waals surface area contributed by atoms with E-state index in [0.717, 1.165) is 32.0 Å². The first-order valence-electron chi connectivity index (χ1n) is 9.93. The topological polar surface area (TPSA) is 101 Å². The minimum Gasteiger partial charge on any atom is -0.443 e. The van der Waals surface area contributed by atoms with Crippen LogP contribution >= 0.6 is 12.4 Å². The molecule has 1 unspecified atom stereocenters. The molecule has 0 radical (unpaired) electrons. The van der Waals surface area contributed by atoms with Crippen LogP contribution in [0.1, 0.15) is 6.92 Å². The van der Waals surface area contributed by atoms with Crippen LogP contribution in [0.3, 0.4) is 0 Å². The molecule has 2 atom stereocenters. The molecule has 3 N–H and O–H groups in total. The monoisotopic (exact) mass is 449 g/mol. The Morgan fingerprint density at radius 3 is 2.65 bits per heavy atom. The van der Waals surface area contributed by atoms with Gasteiger partial charge in [-0.05, 0) is 37.3 Å². The first-order chi connectivity index (χ1) is 14.4. The predicted octanol–water partition coefficient (Wildman–Crippen LogP) is 2.17. The molecular weight excluding hydrogens is 425 g/mol. The third kappa shape index (κ3) is 4.72. The van der Waals surface area contributed by atoms with Gasteiger partial charge in [-0.15, -0.1) is 12.4 Å². The van der Waals surface area contributed by atoms with Gasteiger partial charge in [-0.2, -0.15) is 0 Å². The Balaban J connectivity index is 0.00000272. The molecule has 2 amide bonds. The van der Waals surface area contributed by atoms with Crippen molar-refractivity contribution in [2.75, 3.05) is 42.5 Å². The number of nitrogens with one attached hydrogen (secondary N) is 1. The zero-order valence-electron chi connectivity index (χ0n) is 17.1. The fourth-order valence-electron chi connectivity index (χ4n) is 3.67. The summed E-state index contributed by atoms with van der Waals surface area (Å²) in [6, 6.07) is 8.29. The highest BCUT2D eigenvalue weighted by Gasteiger charge is 2.37. The quantitative estimate of drug-likeness (QED) is 0.725. The Labute approximate surface area is 186 Å². The summed E-state index contributed by atoms with van der Waals surface area (Å²) in [7, 11) is 0. The van der Waals surface area contributed by atoms with E-state index in [4.69, 9.17) is 10.5 Å². The first kappa shape index (κ1) is 22.8. The molecule has 2 fully saturated rings. The Bertz CT molecular complexity index is 953. The Morgan fingerprint density at radius 2 is 2.03 bits per heavy atom. The standard InChI is InChI=1S/C21H24FN5O3.ClH/c1-13(20(23)28)18-12-27(21(29)30-18)15-3-4-16(17(22)10-15)14-2-5-19(25-11-14)26-8-6-24-7-9-26;/h2-5,10-11,13,18,24H,6-9,12H2,1H3,(H2,23,28);1H/t13-,18?;/m0./s1. The van der Waals surface area contributed by atoms with Crippen LogP contribution < -0.4 is 20.9 Å². The van der Waals surface area contributed by atoms with Crippen LogP contribution in [0, 0.1) is 11.7 Å². The van der Waals surface area contributed by atoms with Gasteiger partial charge in [0.25, 0.3) is 0 Å². The molecule has 2 saturated heterocycles. The second-order valence-corrected chi connectivity index (χ2v) is 7.53. The molecule has 0 spiro atoms. The molecule has 0 bridgehead atoms. The number of carbonyl (C=O) groups is 2. The second-order valence-electron chi connectivity index (χ2n) is 7.53. The maximum atomic E-state index is 14.9. The van der Waals surface area contributed by atoms with Crippen molar-refractivity contribution >= 4 is 35.9 Å². The minimum atomic E-state index is -0.653. The molecule has 4 rings (SSSR count). The molecule has 166 valence electrons. The van der Waals surface area contributed by atoms with E-state index in [-0.39, 0.29) is 19.0 Å². The molecule has 31 heavy (non-hydrogen) atoms. The molecule has 8 nitrogen and oxygen atoms in total. The number of carbonyl (C=O) groups excluding carboxylic acids is 2. The van der Waals surface area contributed by atoms with E-state index < -0.39 is 29.8 Å². The molecular formula is C21H25ClFN5O3. The third-order valence-corrected chi connectivity index (χ3v) is 5.61. The number of piperazine rings is 1. The van der Waals surface area contributed by atoms with E-state index in [1.165, 1.54) is 11.0 Å². The summed E-state index contributed by atoms with van der Waals surface area (Å²) in [4.78, 5) is 31.5. The lowest BCUT2D eigenvalue weighted by Gasteiger charge is -2.28. The van der Waals surface area contributed by atoms with Crippen molar-refractivity contribution in [2.24, 2.45) is 11.7 Å². The van der Waals surface area contributed by atoms with Gasteiger partial charge in [0, 0.05) is 43.5 Å². The lowest BCUT2D eigenvalue weighted by molar-refractivity contribution is -0.123. The Hall–Kier alpha value is -2.91. The number of rotatable bonds is 5. The van der Waals surface area contributed by atoms with Crippen LogP contribution in [0.4, 0.5) is 20.7 Å². The van der Waals surface area contributed by atoms with Crippen molar-refractivity contribution in [3.8, 4) is 11.1 Å². The summed E-state index contributed by atoms with van der Waals surface area (Å²) in [5.41, 5.74) is 6.71. The number of nitrogens with zero attached hydrogens (tertiary/aromatic N) is 3. The smallest absolute Gasteiger partial charge is 0.414 e. The van der Waals surface area contributed by atoms with Crippen molar-refractivity contribution in [2.45, 2.75) is 13.0 Å². The number of ether oxygens (including phenoxy) is 1. The van der Waals surface area contributed by atoms with Gasteiger partial charge in [0.05, 0.1) is 18.2 Å². The number of cyclic esters (lactones) is 1. The first-order valence-corrected chi connectivity index (χ1v) is 9.93. The van der Waals surface area contributed by atoms with E-state index in [1.807, 2.05) is 12.1 Å². The molecule has 2 aliphatic rings. The van der Waals surface area contributed by atoms with Crippen LogP contribution in [0.5, 0.6) is 0 Å². The third-order valence-electron chi connectivity index (χ3n) is 5.61. The molecule has 2 aliphatic heterocycles. The highest BCUT2D eigenvalue weighted by molar-refractivity contribution is 5.91. The summed E-state index contributed by atoms with van der Waals surface area (Å²) < 4.78 is 20.1. The molecule has 1 aromatic carbocycles. The van der Waals surface area contributed by atoms with E-state index in [2.05, 4.69) is 15.2 Å². The lowest BCUT2D eigenvalue weighted by atomic mass is 10.0. The second kappa shape index (κ2) is 9.49. The SMILES string of the molecule is C[C@H](C(N)=O)C1CN(c2ccc(-c3ccc(N4CCNCC4)nc3)c(F)c2)C(=O)O1.Cl. The van der Waals surface area contributed by atoms with Gasteiger partial charge in [-0.25, -0.2) is 14.2 Å². The number of primary amides is 1. The summed E-state index contributed by atoms with van der Waals surface area (Å²) in [5, 5.41) is 3.30. The van der Waals surface area contributed by atoms with Crippen LogP contribution in [0.2, 0.25) is 0 Å². The van der Waals surface area contributed by atoms with Crippen LogP contribution in [0.25, 0.3) is 11.1 Å². The number of aromatic nitrogens is 1. The minimum absolute atomic E-state index is 0. The van der Waals surface area contributed by atoms with Crippen molar-refractivity contribution in [3.63, 3.8) is 0 Å². The summed E-state index contributed by atoms with van der Waals surface area (Å²) in [5.74, 6) is -0.772. The largest absolute Gasteiger partial charge is 0.443 e. The van der Waals surface area contributed by atoms with Crippen molar-refractivity contribution in [1.29, 1.82) is 0 Å². The number of amides is 2. The Kier molecular flexibility index (Phi) is 6.97. The number of benzene rings is 1. The van der Waals surface area contributed by atoms with E-state index in [9.17, 15) is 14.0 Å². The number of halogens is 2. The van der Waals surface area contributed by atoms with Gasteiger partial charge in [0.1, 0.15) is 17.7 Å². The number of nitrogens with two attached hydrogens (primary N) is 1. The molecule has 3 heterocycles. The van der Waals surface area contributed by atoms with Crippen LogP contribution in [-0.2, 0) is 9.53 Å².